The molecule has 1 aliphatic rings. The molecule has 3 unspecified atom stereocenters. The van der Waals surface area contributed by atoms with Crippen LogP contribution in [0.2, 0.25) is 0 Å². The van der Waals surface area contributed by atoms with Gasteiger partial charge in [-0.05, 0) is 39.7 Å². The summed E-state index contributed by atoms with van der Waals surface area (Å²) in [4.78, 5) is 2.23. The first-order chi connectivity index (χ1) is 6.65. The van der Waals surface area contributed by atoms with Gasteiger partial charge in [0, 0.05) is 6.04 Å². The average molecular weight is 196 g/mol. The van der Waals surface area contributed by atoms with Crippen LogP contribution in [0.1, 0.15) is 39.5 Å². The Bertz CT molecular complexity index is 210. The Labute approximate surface area is 86.3 Å². The van der Waals surface area contributed by atoms with Crippen LogP contribution in [-0.4, -0.2) is 34.7 Å². The summed E-state index contributed by atoms with van der Waals surface area (Å²) in [5.41, 5.74) is 0. The number of piperidine rings is 1. The van der Waals surface area contributed by atoms with Crippen LogP contribution in [-0.2, 0) is 0 Å². The summed E-state index contributed by atoms with van der Waals surface area (Å²) in [5, 5.41) is 18.3. The van der Waals surface area contributed by atoms with Crippen molar-refractivity contribution in [1.82, 2.24) is 4.90 Å². The molecule has 3 nitrogen and oxygen atoms in total. The highest BCUT2D eigenvalue weighted by Gasteiger charge is 2.26. The third kappa shape index (κ3) is 2.97. The lowest BCUT2D eigenvalue weighted by molar-refractivity contribution is 0.0752. The van der Waals surface area contributed by atoms with Crippen LogP contribution < -0.4 is 0 Å². The van der Waals surface area contributed by atoms with Gasteiger partial charge in [-0.15, -0.1) is 0 Å². The van der Waals surface area contributed by atoms with Gasteiger partial charge >= 0.3 is 0 Å². The average Bonchev–Trinajstić information content (AvgIpc) is 2.16. The molecule has 1 N–H and O–H groups in total. The van der Waals surface area contributed by atoms with Crippen LogP contribution in [0.4, 0.5) is 0 Å². The second kappa shape index (κ2) is 5.33. The monoisotopic (exact) mass is 196 g/mol. The van der Waals surface area contributed by atoms with Crippen molar-refractivity contribution in [2.45, 2.75) is 57.7 Å². The lowest BCUT2D eigenvalue weighted by atomic mass is 9.96. The van der Waals surface area contributed by atoms with Gasteiger partial charge in [-0.2, -0.15) is 5.26 Å². The molecule has 0 saturated carbocycles. The standard InChI is InChI=1S/C11H20N2O/c1-9(8-12)13-6-4-3-5-11(13)7-10(2)14/h9-11,14H,3-7H2,1-2H3. The molecule has 1 saturated heterocycles. The maximum Gasteiger partial charge on any atom is 0.0951 e. The van der Waals surface area contributed by atoms with Crippen molar-refractivity contribution in [3.8, 4) is 6.07 Å². The maximum atomic E-state index is 9.37. The lowest BCUT2D eigenvalue weighted by Crippen LogP contribution is -2.45. The van der Waals surface area contributed by atoms with Crippen LogP contribution >= 0.6 is 0 Å². The van der Waals surface area contributed by atoms with Gasteiger partial charge < -0.3 is 5.11 Å². The van der Waals surface area contributed by atoms with Crippen molar-refractivity contribution in [3.05, 3.63) is 0 Å². The largest absolute Gasteiger partial charge is 0.393 e. The third-order valence-corrected chi connectivity index (χ3v) is 2.97. The Kier molecular flexibility index (Phi) is 4.37. The second-order valence-corrected chi connectivity index (χ2v) is 4.28. The number of nitriles is 1. The maximum absolute atomic E-state index is 9.37. The number of aliphatic hydroxyl groups excluding tert-OH is 1. The van der Waals surface area contributed by atoms with Crippen molar-refractivity contribution in [2.75, 3.05) is 6.54 Å². The van der Waals surface area contributed by atoms with Gasteiger partial charge in [-0.25, -0.2) is 0 Å². The van der Waals surface area contributed by atoms with Crippen LogP contribution in [0.25, 0.3) is 0 Å². The molecule has 1 fully saturated rings. The zero-order valence-electron chi connectivity index (χ0n) is 9.11. The van der Waals surface area contributed by atoms with Gasteiger partial charge in [0.1, 0.15) is 0 Å². The molecular weight excluding hydrogens is 176 g/mol. The summed E-state index contributed by atoms with van der Waals surface area (Å²) in [6.45, 7) is 4.77. The first-order valence-electron chi connectivity index (χ1n) is 5.48. The molecule has 14 heavy (non-hydrogen) atoms. The summed E-state index contributed by atoms with van der Waals surface area (Å²) in [6.07, 6.45) is 4.07. The topological polar surface area (TPSA) is 47.3 Å². The van der Waals surface area contributed by atoms with E-state index in [1.807, 2.05) is 13.8 Å². The van der Waals surface area contributed by atoms with E-state index in [4.69, 9.17) is 5.26 Å². The molecule has 1 rings (SSSR count). The molecular formula is C11H20N2O. The fraction of sp³-hybridized carbons (Fsp3) is 0.909. The van der Waals surface area contributed by atoms with Gasteiger partial charge in [-0.1, -0.05) is 6.42 Å². The predicted molar refractivity (Wildman–Crippen MR) is 55.7 cm³/mol. The smallest absolute Gasteiger partial charge is 0.0951 e. The predicted octanol–water partition coefficient (Wildman–Crippen LogP) is 1.52. The van der Waals surface area contributed by atoms with Crippen LogP contribution in [0.5, 0.6) is 0 Å². The van der Waals surface area contributed by atoms with E-state index in [0.717, 1.165) is 19.4 Å². The van der Waals surface area contributed by atoms with E-state index in [-0.39, 0.29) is 12.1 Å². The van der Waals surface area contributed by atoms with E-state index in [1.165, 1.54) is 12.8 Å². The van der Waals surface area contributed by atoms with Gasteiger partial charge in [-0.3, -0.25) is 4.90 Å². The molecule has 1 aliphatic heterocycles. The summed E-state index contributed by atoms with van der Waals surface area (Å²) >= 11 is 0. The third-order valence-electron chi connectivity index (χ3n) is 2.97. The summed E-state index contributed by atoms with van der Waals surface area (Å²) in [5.74, 6) is 0. The van der Waals surface area contributed by atoms with Gasteiger partial charge in [0.15, 0.2) is 0 Å². The van der Waals surface area contributed by atoms with E-state index in [2.05, 4.69) is 11.0 Å². The quantitative estimate of drug-likeness (QED) is 0.744. The second-order valence-electron chi connectivity index (χ2n) is 4.28. The fourth-order valence-electron chi connectivity index (χ4n) is 2.25. The van der Waals surface area contributed by atoms with Crippen LogP contribution in [0.3, 0.4) is 0 Å². The summed E-state index contributed by atoms with van der Waals surface area (Å²) in [7, 11) is 0. The van der Waals surface area contributed by atoms with Crippen LogP contribution in [0, 0.1) is 11.3 Å². The van der Waals surface area contributed by atoms with Gasteiger partial charge in [0.2, 0.25) is 0 Å². The molecule has 0 amide bonds. The van der Waals surface area contributed by atoms with E-state index >= 15 is 0 Å². The molecule has 0 radical (unpaired) electrons. The highest BCUT2D eigenvalue weighted by molar-refractivity contribution is 4.93. The lowest BCUT2D eigenvalue weighted by Gasteiger charge is -2.37. The SMILES string of the molecule is CC(O)CC1CCCCN1C(C)C#N. The first-order valence-corrected chi connectivity index (χ1v) is 5.48. The number of hydrogen-bond acceptors (Lipinski definition) is 3. The minimum absolute atomic E-state index is 0.0148. The zero-order valence-corrected chi connectivity index (χ0v) is 9.11. The summed E-state index contributed by atoms with van der Waals surface area (Å²) < 4.78 is 0. The van der Waals surface area contributed by atoms with Crippen LogP contribution in [0.15, 0.2) is 0 Å². The van der Waals surface area contributed by atoms with E-state index in [9.17, 15) is 5.11 Å². The van der Waals surface area contributed by atoms with Crippen molar-refractivity contribution < 1.29 is 5.11 Å². The Morgan fingerprint density at radius 3 is 2.79 bits per heavy atom. The molecule has 0 aromatic rings. The number of rotatable bonds is 3. The van der Waals surface area contributed by atoms with Gasteiger partial charge in [0.05, 0.1) is 18.2 Å². The Balaban J connectivity index is 2.55. The Hall–Kier alpha value is -0.590. The molecule has 3 heteroatoms. The Morgan fingerprint density at radius 1 is 1.50 bits per heavy atom. The molecule has 0 aliphatic carbocycles. The molecule has 0 spiro atoms. The number of likely N-dealkylation sites (tertiary alicyclic amines) is 1. The zero-order chi connectivity index (χ0) is 10.6. The van der Waals surface area contributed by atoms with E-state index < -0.39 is 0 Å². The van der Waals surface area contributed by atoms with E-state index in [0.29, 0.717) is 6.04 Å². The van der Waals surface area contributed by atoms with Crippen molar-refractivity contribution in [2.24, 2.45) is 0 Å². The van der Waals surface area contributed by atoms with Gasteiger partial charge in [0.25, 0.3) is 0 Å². The minimum atomic E-state index is -0.258. The molecule has 80 valence electrons. The summed E-state index contributed by atoms with van der Waals surface area (Å²) in [6, 6.07) is 2.67. The molecule has 3 atom stereocenters. The highest BCUT2D eigenvalue weighted by Crippen LogP contribution is 2.22. The molecule has 0 bridgehead atoms. The number of nitrogens with zero attached hydrogens (tertiary/aromatic N) is 2. The normalized spacial score (nSPS) is 28.0. The molecule has 1 heterocycles. The van der Waals surface area contributed by atoms with E-state index in [1.54, 1.807) is 0 Å². The van der Waals surface area contributed by atoms with Crippen molar-refractivity contribution in [3.63, 3.8) is 0 Å². The highest BCUT2D eigenvalue weighted by atomic mass is 16.3. The first kappa shape index (κ1) is 11.5. The number of hydrogen-bond donors (Lipinski definition) is 1. The molecule has 0 aromatic carbocycles. The van der Waals surface area contributed by atoms with Crippen molar-refractivity contribution in [1.29, 1.82) is 5.26 Å². The Morgan fingerprint density at radius 2 is 2.21 bits per heavy atom. The van der Waals surface area contributed by atoms with Crippen molar-refractivity contribution >= 4 is 0 Å². The molecule has 0 aromatic heterocycles. The number of aliphatic hydroxyl groups is 1. The minimum Gasteiger partial charge on any atom is -0.393 e. The fourth-order valence-corrected chi connectivity index (χ4v) is 2.25.